The van der Waals surface area contributed by atoms with Gasteiger partial charge in [-0.05, 0) is 42.5 Å². The zero-order chi connectivity index (χ0) is 18.8. The highest BCUT2D eigenvalue weighted by Gasteiger charge is 2.12. The lowest BCUT2D eigenvalue weighted by molar-refractivity contribution is 0.415. The maximum atomic E-state index is 10.1. The van der Waals surface area contributed by atoms with Gasteiger partial charge in [0.05, 0.1) is 25.4 Å². The molecule has 0 fully saturated rings. The van der Waals surface area contributed by atoms with Crippen molar-refractivity contribution in [3.63, 3.8) is 0 Å². The summed E-state index contributed by atoms with van der Waals surface area (Å²) in [6, 6.07) is 13.1. The zero-order valence-electron chi connectivity index (χ0n) is 14.6. The molecule has 0 aliphatic carbocycles. The third-order valence-electron chi connectivity index (χ3n) is 4.07. The average Bonchev–Trinajstić information content (AvgIpc) is 3.29. The Morgan fingerprint density at radius 2 is 1.74 bits per heavy atom. The molecule has 0 atom stereocenters. The molecule has 7 nitrogen and oxygen atoms in total. The number of H-pyrrole nitrogens is 1. The van der Waals surface area contributed by atoms with Crippen LogP contribution in [0.2, 0.25) is 0 Å². The minimum absolute atomic E-state index is 0.0473. The van der Waals surface area contributed by atoms with Crippen LogP contribution >= 0.6 is 11.3 Å². The van der Waals surface area contributed by atoms with Gasteiger partial charge in [0.25, 0.3) is 0 Å². The van der Waals surface area contributed by atoms with E-state index in [0.29, 0.717) is 16.6 Å². The van der Waals surface area contributed by atoms with Crippen LogP contribution in [0.4, 0.5) is 10.8 Å². The molecule has 4 rings (SSSR count). The second-order valence-corrected chi connectivity index (χ2v) is 6.51. The summed E-state index contributed by atoms with van der Waals surface area (Å²) in [6.45, 7) is 0. The molecule has 0 saturated heterocycles. The lowest BCUT2D eigenvalue weighted by Crippen LogP contribution is -1.82. The van der Waals surface area contributed by atoms with E-state index < -0.39 is 0 Å². The first-order valence-electron chi connectivity index (χ1n) is 8.08. The van der Waals surface area contributed by atoms with Crippen molar-refractivity contribution in [2.24, 2.45) is 10.2 Å². The van der Waals surface area contributed by atoms with Crippen LogP contribution in [0.5, 0.6) is 17.4 Å². The van der Waals surface area contributed by atoms with E-state index in [9.17, 15) is 5.11 Å². The fraction of sp³-hybridized carbons (Fsp3) is 0.105. The number of fused-ring (bicyclic) bond motifs is 1. The Morgan fingerprint density at radius 1 is 1.00 bits per heavy atom. The third-order valence-corrected chi connectivity index (χ3v) is 4.80. The smallest absolute Gasteiger partial charge is 0.230 e. The number of hydrogen-bond donors (Lipinski definition) is 2. The molecule has 0 saturated carbocycles. The molecule has 0 unspecified atom stereocenters. The summed E-state index contributed by atoms with van der Waals surface area (Å²) < 4.78 is 10.4. The summed E-state index contributed by atoms with van der Waals surface area (Å²) in [5.41, 5.74) is 2.88. The second-order valence-electron chi connectivity index (χ2n) is 5.68. The predicted molar refractivity (Wildman–Crippen MR) is 105 cm³/mol. The summed E-state index contributed by atoms with van der Waals surface area (Å²) in [5, 5.41) is 21.6. The number of aromatic hydroxyl groups is 1. The molecule has 0 spiro atoms. The third kappa shape index (κ3) is 3.34. The van der Waals surface area contributed by atoms with Gasteiger partial charge in [-0.2, -0.15) is 0 Å². The maximum Gasteiger partial charge on any atom is 0.230 e. The van der Waals surface area contributed by atoms with Gasteiger partial charge in [-0.1, -0.05) is 0 Å². The van der Waals surface area contributed by atoms with Crippen LogP contribution in [0.25, 0.3) is 22.2 Å². The van der Waals surface area contributed by atoms with Crippen LogP contribution in [0.15, 0.2) is 58.1 Å². The van der Waals surface area contributed by atoms with Crippen molar-refractivity contribution in [1.29, 1.82) is 0 Å². The summed E-state index contributed by atoms with van der Waals surface area (Å²) in [5.74, 6) is 1.42. The number of nitrogens with zero attached hydrogens (tertiary/aromatic N) is 3. The zero-order valence-corrected chi connectivity index (χ0v) is 15.4. The first kappa shape index (κ1) is 17.0. The van der Waals surface area contributed by atoms with Gasteiger partial charge in [0.15, 0.2) is 5.69 Å². The number of thiazole rings is 1. The number of benzene rings is 2. The van der Waals surface area contributed by atoms with Crippen LogP contribution in [-0.4, -0.2) is 29.3 Å². The van der Waals surface area contributed by atoms with Crippen molar-refractivity contribution in [2.75, 3.05) is 14.2 Å². The van der Waals surface area contributed by atoms with E-state index in [4.69, 9.17) is 9.47 Å². The number of hydrogen-bond acceptors (Lipinski definition) is 7. The second kappa shape index (κ2) is 7.08. The van der Waals surface area contributed by atoms with Gasteiger partial charge in [0.2, 0.25) is 11.0 Å². The first-order chi connectivity index (χ1) is 13.2. The van der Waals surface area contributed by atoms with E-state index in [1.807, 2.05) is 35.7 Å². The fourth-order valence-electron chi connectivity index (χ4n) is 2.67. The first-order valence-corrected chi connectivity index (χ1v) is 8.96. The Balaban J connectivity index is 1.63. The van der Waals surface area contributed by atoms with Gasteiger partial charge < -0.3 is 19.6 Å². The Kier molecular flexibility index (Phi) is 4.47. The lowest BCUT2D eigenvalue weighted by Gasteiger charge is -2.00. The molecular weight excluding hydrogens is 364 g/mol. The Morgan fingerprint density at radius 3 is 2.48 bits per heavy atom. The highest BCUT2D eigenvalue weighted by Crippen LogP contribution is 2.38. The Bertz CT molecular complexity index is 1120. The molecule has 136 valence electrons. The van der Waals surface area contributed by atoms with Gasteiger partial charge in [0.1, 0.15) is 11.5 Å². The van der Waals surface area contributed by atoms with Crippen molar-refractivity contribution in [3.05, 3.63) is 47.8 Å². The van der Waals surface area contributed by atoms with Gasteiger partial charge in [-0.15, -0.1) is 21.6 Å². The molecule has 0 aliphatic heterocycles. The van der Waals surface area contributed by atoms with Gasteiger partial charge in [-0.25, -0.2) is 4.98 Å². The fourth-order valence-corrected chi connectivity index (χ4v) is 3.31. The van der Waals surface area contributed by atoms with E-state index in [0.717, 1.165) is 27.9 Å². The van der Waals surface area contributed by atoms with Crippen LogP contribution in [0, 0.1) is 0 Å². The molecule has 0 aliphatic rings. The molecule has 2 heterocycles. The van der Waals surface area contributed by atoms with Crippen molar-refractivity contribution in [1.82, 2.24) is 9.97 Å². The highest BCUT2D eigenvalue weighted by molar-refractivity contribution is 7.13. The number of aromatic nitrogens is 2. The normalized spacial score (nSPS) is 11.3. The van der Waals surface area contributed by atoms with Crippen molar-refractivity contribution in [3.8, 4) is 28.6 Å². The van der Waals surface area contributed by atoms with Crippen LogP contribution in [0.1, 0.15) is 0 Å². The quantitative estimate of drug-likeness (QED) is 0.452. The van der Waals surface area contributed by atoms with Crippen LogP contribution < -0.4 is 9.47 Å². The number of methoxy groups -OCH3 is 2. The van der Waals surface area contributed by atoms with E-state index in [2.05, 4.69) is 20.2 Å². The van der Waals surface area contributed by atoms with Crippen molar-refractivity contribution in [2.45, 2.75) is 0 Å². The number of azo groups is 1. The Hall–Kier alpha value is -3.39. The maximum absolute atomic E-state index is 10.1. The minimum atomic E-state index is -0.0473. The van der Waals surface area contributed by atoms with E-state index in [1.165, 1.54) is 11.3 Å². The molecule has 4 aromatic rings. The molecule has 27 heavy (non-hydrogen) atoms. The molecular formula is C19H16N4O3S. The van der Waals surface area contributed by atoms with Gasteiger partial charge >= 0.3 is 0 Å². The minimum Gasteiger partial charge on any atom is -0.497 e. The molecule has 0 bridgehead atoms. The number of aromatic amines is 1. The largest absolute Gasteiger partial charge is 0.497 e. The molecule has 0 radical (unpaired) electrons. The van der Waals surface area contributed by atoms with Crippen LogP contribution in [0.3, 0.4) is 0 Å². The van der Waals surface area contributed by atoms with E-state index in [-0.39, 0.29) is 5.88 Å². The molecule has 2 aromatic heterocycles. The number of ether oxygens (including phenoxy) is 2. The van der Waals surface area contributed by atoms with E-state index in [1.54, 1.807) is 26.4 Å². The number of rotatable bonds is 5. The van der Waals surface area contributed by atoms with Crippen molar-refractivity contribution < 1.29 is 14.6 Å². The monoisotopic (exact) mass is 380 g/mol. The summed E-state index contributed by atoms with van der Waals surface area (Å²) >= 11 is 1.38. The summed E-state index contributed by atoms with van der Waals surface area (Å²) in [7, 11) is 3.22. The lowest BCUT2D eigenvalue weighted by atomic mass is 10.2. The SMILES string of the molecule is COc1ccc(-c2csc(N=Nc3c(O)[nH]c4ccc(OC)cc34)n2)cc1. The van der Waals surface area contributed by atoms with Gasteiger partial charge in [0, 0.05) is 16.3 Å². The number of nitrogens with one attached hydrogen (secondary N) is 1. The molecule has 8 heteroatoms. The highest BCUT2D eigenvalue weighted by atomic mass is 32.1. The van der Waals surface area contributed by atoms with E-state index >= 15 is 0 Å². The standard InChI is InChI=1S/C19H16N4O3S/c1-25-12-5-3-11(4-6-12)16-10-27-19(21-16)23-22-17-14-9-13(26-2)7-8-15(14)20-18(17)24/h3-10,20,24H,1-2H3. The Labute approximate surface area is 158 Å². The molecule has 2 N–H and O–H groups in total. The topological polar surface area (TPSA) is 92.1 Å². The predicted octanol–water partition coefficient (Wildman–Crippen LogP) is 5.43. The average molecular weight is 380 g/mol. The van der Waals surface area contributed by atoms with Crippen LogP contribution in [-0.2, 0) is 0 Å². The molecule has 0 amide bonds. The molecule has 2 aromatic carbocycles. The summed E-state index contributed by atoms with van der Waals surface area (Å²) in [4.78, 5) is 7.35. The van der Waals surface area contributed by atoms with Crippen molar-refractivity contribution >= 4 is 33.1 Å². The summed E-state index contributed by atoms with van der Waals surface area (Å²) in [6.07, 6.45) is 0. The van der Waals surface area contributed by atoms with Gasteiger partial charge in [-0.3, -0.25) is 0 Å².